The molecule has 102 valence electrons. The topological polar surface area (TPSA) is 42.2 Å². The molecule has 0 fully saturated rings. The summed E-state index contributed by atoms with van der Waals surface area (Å²) in [6.45, 7) is 0.742. The second kappa shape index (κ2) is 7.04. The van der Waals surface area contributed by atoms with Crippen molar-refractivity contribution in [3.8, 4) is 17.6 Å². The Labute approximate surface area is 127 Å². The van der Waals surface area contributed by atoms with Crippen LogP contribution in [0.2, 0.25) is 10.0 Å². The summed E-state index contributed by atoms with van der Waals surface area (Å²) >= 11 is 11.8. The number of halogens is 2. The lowest BCUT2D eigenvalue weighted by molar-refractivity contribution is 0.217. The first-order valence-electron chi connectivity index (χ1n) is 5.90. The largest absolute Gasteiger partial charge is 0.490 e. The van der Waals surface area contributed by atoms with Gasteiger partial charge in [0, 0.05) is 5.02 Å². The van der Waals surface area contributed by atoms with Crippen molar-refractivity contribution in [2.75, 3.05) is 13.2 Å². The Balaban J connectivity index is 1.81. The van der Waals surface area contributed by atoms with E-state index >= 15 is 0 Å². The van der Waals surface area contributed by atoms with Crippen LogP contribution < -0.4 is 9.47 Å². The summed E-state index contributed by atoms with van der Waals surface area (Å²) in [6.07, 6.45) is 0. The second-order valence-corrected chi connectivity index (χ2v) is 4.75. The molecule has 20 heavy (non-hydrogen) atoms. The van der Waals surface area contributed by atoms with E-state index in [1.54, 1.807) is 42.5 Å². The molecule has 0 aliphatic rings. The standard InChI is InChI=1S/C15H11Cl2NO2/c16-12-2-4-13(5-3-12)19-7-8-20-15-6-1-11(10-18)9-14(15)17/h1-6,9H,7-8H2. The molecule has 2 aromatic carbocycles. The SMILES string of the molecule is N#Cc1ccc(OCCOc2ccc(Cl)cc2)c(Cl)c1. The van der Waals surface area contributed by atoms with E-state index in [4.69, 9.17) is 37.9 Å². The number of hydrogen-bond donors (Lipinski definition) is 0. The number of hydrogen-bond acceptors (Lipinski definition) is 3. The van der Waals surface area contributed by atoms with Gasteiger partial charge in [-0.15, -0.1) is 0 Å². The molecular weight excluding hydrogens is 297 g/mol. The maximum atomic E-state index is 8.73. The van der Waals surface area contributed by atoms with Crippen molar-refractivity contribution in [2.45, 2.75) is 0 Å². The predicted octanol–water partition coefficient (Wildman–Crippen LogP) is 4.32. The summed E-state index contributed by atoms with van der Waals surface area (Å²) in [5, 5.41) is 9.81. The zero-order valence-electron chi connectivity index (χ0n) is 10.5. The Kier molecular flexibility index (Phi) is 5.11. The van der Waals surface area contributed by atoms with Crippen LogP contribution in [0.4, 0.5) is 0 Å². The average Bonchev–Trinajstić information content (AvgIpc) is 2.46. The smallest absolute Gasteiger partial charge is 0.138 e. The number of benzene rings is 2. The Morgan fingerprint density at radius 3 is 2.30 bits per heavy atom. The normalized spacial score (nSPS) is 9.85. The molecule has 0 saturated carbocycles. The average molecular weight is 308 g/mol. The molecule has 0 aromatic heterocycles. The van der Waals surface area contributed by atoms with E-state index in [-0.39, 0.29) is 0 Å². The van der Waals surface area contributed by atoms with Gasteiger partial charge in [-0.1, -0.05) is 23.2 Å². The third-order valence-corrected chi connectivity index (χ3v) is 3.03. The van der Waals surface area contributed by atoms with Crippen molar-refractivity contribution in [1.29, 1.82) is 5.26 Å². The van der Waals surface area contributed by atoms with Crippen LogP contribution in [0.5, 0.6) is 11.5 Å². The fourth-order valence-corrected chi connectivity index (χ4v) is 1.89. The number of nitriles is 1. The molecule has 5 heteroatoms. The van der Waals surface area contributed by atoms with Gasteiger partial charge >= 0.3 is 0 Å². The van der Waals surface area contributed by atoms with Crippen LogP contribution in [0.1, 0.15) is 5.56 Å². The molecule has 0 spiro atoms. The number of nitrogens with zero attached hydrogens (tertiary/aromatic N) is 1. The fourth-order valence-electron chi connectivity index (χ4n) is 1.53. The van der Waals surface area contributed by atoms with Crippen LogP contribution in [-0.2, 0) is 0 Å². The maximum Gasteiger partial charge on any atom is 0.138 e. The second-order valence-electron chi connectivity index (χ2n) is 3.91. The number of ether oxygens (including phenoxy) is 2. The first kappa shape index (κ1) is 14.5. The van der Waals surface area contributed by atoms with Crippen molar-refractivity contribution in [2.24, 2.45) is 0 Å². The monoisotopic (exact) mass is 307 g/mol. The van der Waals surface area contributed by atoms with Crippen molar-refractivity contribution in [3.63, 3.8) is 0 Å². The zero-order chi connectivity index (χ0) is 14.4. The Morgan fingerprint density at radius 2 is 1.65 bits per heavy atom. The molecule has 2 aromatic rings. The third-order valence-electron chi connectivity index (χ3n) is 2.48. The molecule has 0 unspecified atom stereocenters. The summed E-state index contributed by atoms with van der Waals surface area (Å²) in [7, 11) is 0. The Morgan fingerprint density at radius 1 is 0.950 bits per heavy atom. The van der Waals surface area contributed by atoms with Crippen LogP contribution in [0.15, 0.2) is 42.5 Å². The molecule has 0 aliphatic carbocycles. The van der Waals surface area contributed by atoms with Gasteiger partial charge in [-0.05, 0) is 42.5 Å². The highest BCUT2D eigenvalue weighted by Gasteiger charge is 2.03. The molecular formula is C15H11Cl2NO2. The quantitative estimate of drug-likeness (QED) is 0.772. The molecule has 0 N–H and O–H groups in total. The van der Waals surface area contributed by atoms with Crippen LogP contribution >= 0.6 is 23.2 Å². The van der Waals surface area contributed by atoms with Crippen LogP contribution in [0.3, 0.4) is 0 Å². The lowest BCUT2D eigenvalue weighted by Gasteiger charge is -2.09. The van der Waals surface area contributed by atoms with E-state index in [9.17, 15) is 0 Å². The molecule has 0 amide bonds. The predicted molar refractivity (Wildman–Crippen MR) is 78.6 cm³/mol. The van der Waals surface area contributed by atoms with E-state index in [0.29, 0.717) is 34.6 Å². The molecule has 0 radical (unpaired) electrons. The summed E-state index contributed by atoms with van der Waals surface area (Å²) in [4.78, 5) is 0. The van der Waals surface area contributed by atoms with Gasteiger partial charge in [-0.25, -0.2) is 0 Å². The zero-order valence-corrected chi connectivity index (χ0v) is 12.0. The third kappa shape index (κ3) is 4.06. The van der Waals surface area contributed by atoms with Gasteiger partial charge in [-0.3, -0.25) is 0 Å². The van der Waals surface area contributed by atoms with E-state index in [0.717, 1.165) is 5.75 Å². The lowest BCUT2D eigenvalue weighted by Crippen LogP contribution is -2.09. The van der Waals surface area contributed by atoms with Crippen molar-refractivity contribution < 1.29 is 9.47 Å². The van der Waals surface area contributed by atoms with Gasteiger partial charge < -0.3 is 9.47 Å². The fraction of sp³-hybridized carbons (Fsp3) is 0.133. The maximum absolute atomic E-state index is 8.73. The van der Waals surface area contributed by atoms with E-state index < -0.39 is 0 Å². The molecule has 3 nitrogen and oxygen atoms in total. The lowest BCUT2D eigenvalue weighted by atomic mass is 10.2. The minimum atomic E-state index is 0.355. The Bertz CT molecular complexity index is 621. The molecule has 0 bridgehead atoms. The minimum Gasteiger partial charge on any atom is -0.490 e. The Hall–Kier alpha value is -1.89. The van der Waals surface area contributed by atoms with Crippen molar-refractivity contribution in [1.82, 2.24) is 0 Å². The summed E-state index contributed by atoms with van der Waals surface area (Å²) < 4.78 is 11.0. The van der Waals surface area contributed by atoms with Crippen molar-refractivity contribution in [3.05, 3.63) is 58.1 Å². The first-order chi connectivity index (χ1) is 9.69. The van der Waals surface area contributed by atoms with Crippen LogP contribution in [0, 0.1) is 11.3 Å². The highest BCUT2D eigenvalue weighted by atomic mass is 35.5. The molecule has 0 saturated heterocycles. The van der Waals surface area contributed by atoms with Crippen molar-refractivity contribution >= 4 is 23.2 Å². The van der Waals surface area contributed by atoms with E-state index in [2.05, 4.69) is 0 Å². The molecule has 0 atom stereocenters. The summed E-state index contributed by atoms with van der Waals surface area (Å²) in [6, 6.07) is 14.0. The molecule has 0 heterocycles. The first-order valence-corrected chi connectivity index (χ1v) is 6.65. The van der Waals surface area contributed by atoms with Gasteiger partial charge in [0.05, 0.1) is 16.7 Å². The molecule has 0 aliphatic heterocycles. The highest BCUT2D eigenvalue weighted by molar-refractivity contribution is 6.32. The summed E-state index contributed by atoms with van der Waals surface area (Å²) in [5.41, 5.74) is 0.500. The minimum absolute atomic E-state index is 0.355. The van der Waals surface area contributed by atoms with Crippen LogP contribution in [0.25, 0.3) is 0 Å². The van der Waals surface area contributed by atoms with Gasteiger partial charge in [-0.2, -0.15) is 5.26 Å². The van der Waals surface area contributed by atoms with E-state index in [1.807, 2.05) is 6.07 Å². The van der Waals surface area contributed by atoms with Gasteiger partial charge in [0.1, 0.15) is 24.7 Å². The van der Waals surface area contributed by atoms with Crippen LogP contribution in [-0.4, -0.2) is 13.2 Å². The summed E-state index contributed by atoms with van der Waals surface area (Å²) in [5.74, 6) is 1.26. The highest BCUT2D eigenvalue weighted by Crippen LogP contribution is 2.25. The van der Waals surface area contributed by atoms with Gasteiger partial charge in [0.25, 0.3) is 0 Å². The van der Waals surface area contributed by atoms with Gasteiger partial charge in [0.2, 0.25) is 0 Å². The van der Waals surface area contributed by atoms with E-state index in [1.165, 1.54) is 0 Å². The van der Waals surface area contributed by atoms with Gasteiger partial charge in [0.15, 0.2) is 0 Å². The number of rotatable bonds is 5. The molecule has 2 rings (SSSR count).